The molecule has 0 bridgehead atoms. The van der Waals surface area contributed by atoms with E-state index in [9.17, 15) is 18.0 Å². The number of amides is 2. The van der Waals surface area contributed by atoms with Crippen molar-refractivity contribution in [2.75, 3.05) is 20.1 Å². The second kappa shape index (κ2) is 11.2. The SMILES string of the molecule is Cc1ccc(S(=O)(=O)N(C)CC(=O)N(CCc2ccccc2)[C@@H](C)C(=O)NC(C)C)cc1. The summed E-state index contributed by atoms with van der Waals surface area (Å²) < 4.78 is 26.8. The molecule has 0 radical (unpaired) electrons. The van der Waals surface area contributed by atoms with E-state index in [1.807, 2.05) is 51.1 Å². The van der Waals surface area contributed by atoms with Crippen molar-refractivity contribution in [3.8, 4) is 0 Å². The molecule has 8 heteroatoms. The highest BCUT2D eigenvalue weighted by atomic mass is 32.2. The van der Waals surface area contributed by atoms with E-state index in [2.05, 4.69) is 5.32 Å². The van der Waals surface area contributed by atoms with Crippen molar-refractivity contribution in [3.63, 3.8) is 0 Å². The van der Waals surface area contributed by atoms with Crippen LogP contribution in [0.4, 0.5) is 0 Å². The van der Waals surface area contributed by atoms with E-state index in [1.165, 1.54) is 24.1 Å². The van der Waals surface area contributed by atoms with Crippen molar-refractivity contribution < 1.29 is 18.0 Å². The maximum absolute atomic E-state index is 13.2. The third kappa shape index (κ3) is 6.90. The summed E-state index contributed by atoms with van der Waals surface area (Å²) in [5.41, 5.74) is 1.97. The molecule has 0 spiro atoms. The summed E-state index contributed by atoms with van der Waals surface area (Å²) in [5, 5.41) is 2.83. The Labute approximate surface area is 191 Å². The van der Waals surface area contributed by atoms with Gasteiger partial charge in [0.15, 0.2) is 0 Å². The van der Waals surface area contributed by atoms with Crippen LogP contribution < -0.4 is 5.32 Å². The van der Waals surface area contributed by atoms with Crippen LogP contribution in [0.25, 0.3) is 0 Å². The van der Waals surface area contributed by atoms with Gasteiger partial charge in [-0.1, -0.05) is 48.0 Å². The van der Waals surface area contributed by atoms with Crippen molar-refractivity contribution in [2.45, 2.75) is 51.1 Å². The van der Waals surface area contributed by atoms with E-state index in [1.54, 1.807) is 19.1 Å². The summed E-state index contributed by atoms with van der Waals surface area (Å²) in [6.07, 6.45) is 0.556. The predicted octanol–water partition coefficient (Wildman–Crippen LogP) is 2.60. The fourth-order valence-electron chi connectivity index (χ4n) is 3.23. The van der Waals surface area contributed by atoms with Gasteiger partial charge in [-0.25, -0.2) is 8.42 Å². The first-order chi connectivity index (χ1) is 15.0. The highest BCUT2D eigenvalue weighted by molar-refractivity contribution is 7.89. The standard InChI is InChI=1S/C24H33N3O4S/c1-18(2)25-24(29)20(4)27(16-15-21-9-7-6-8-10-21)23(28)17-26(5)32(30,31)22-13-11-19(3)12-14-22/h6-14,18,20H,15-17H2,1-5H3,(H,25,29)/t20-/m0/s1. The van der Waals surface area contributed by atoms with Gasteiger partial charge in [-0.2, -0.15) is 4.31 Å². The number of nitrogens with one attached hydrogen (secondary N) is 1. The van der Waals surface area contributed by atoms with Crippen LogP contribution in [0.1, 0.15) is 31.9 Å². The van der Waals surface area contributed by atoms with E-state index >= 15 is 0 Å². The Hall–Kier alpha value is -2.71. The summed E-state index contributed by atoms with van der Waals surface area (Å²) in [6, 6.07) is 15.3. The number of nitrogens with zero attached hydrogens (tertiary/aromatic N) is 2. The third-order valence-electron chi connectivity index (χ3n) is 5.17. The minimum atomic E-state index is -3.83. The number of aryl methyl sites for hydroxylation is 1. The lowest BCUT2D eigenvalue weighted by atomic mass is 10.1. The van der Waals surface area contributed by atoms with E-state index in [0.717, 1.165) is 15.4 Å². The Kier molecular flexibility index (Phi) is 8.98. The van der Waals surface area contributed by atoms with Crippen molar-refractivity contribution in [1.29, 1.82) is 0 Å². The van der Waals surface area contributed by atoms with Gasteiger partial charge in [-0.15, -0.1) is 0 Å². The summed E-state index contributed by atoms with van der Waals surface area (Å²) in [6.45, 7) is 7.18. The molecule has 0 aliphatic heterocycles. The number of hydrogen-bond acceptors (Lipinski definition) is 4. The van der Waals surface area contributed by atoms with Crippen LogP contribution in [0.5, 0.6) is 0 Å². The lowest BCUT2D eigenvalue weighted by molar-refractivity contribution is -0.140. The lowest BCUT2D eigenvalue weighted by Crippen LogP contribution is -2.52. The molecule has 2 aromatic carbocycles. The monoisotopic (exact) mass is 459 g/mol. The maximum Gasteiger partial charge on any atom is 0.243 e. The van der Waals surface area contributed by atoms with Gasteiger partial charge in [0, 0.05) is 19.6 Å². The molecule has 2 amide bonds. The molecule has 0 heterocycles. The second-order valence-electron chi connectivity index (χ2n) is 8.24. The van der Waals surface area contributed by atoms with Crippen molar-refractivity contribution in [2.24, 2.45) is 0 Å². The normalized spacial score (nSPS) is 12.6. The second-order valence-corrected chi connectivity index (χ2v) is 10.3. The molecule has 0 saturated carbocycles. The van der Waals surface area contributed by atoms with Crippen LogP contribution in [0.2, 0.25) is 0 Å². The predicted molar refractivity (Wildman–Crippen MR) is 126 cm³/mol. The van der Waals surface area contributed by atoms with Crippen LogP contribution in [0.3, 0.4) is 0 Å². The van der Waals surface area contributed by atoms with Crippen molar-refractivity contribution >= 4 is 21.8 Å². The van der Waals surface area contributed by atoms with Crippen LogP contribution in [-0.2, 0) is 26.0 Å². The van der Waals surface area contributed by atoms with E-state index < -0.39 is 22.0 Å². The molecule has 0 aliphatic carbocycles. The van der Waals surface area contributed by atoms with E-state index in [-0.39, 0.29) is 23.4 Å². The first-order valence-electron chi connectivity index (χ1n) is 10.7. The van der Waals surface area contributed by atoms with Gasteiger partial charge in [0.05, 0.1) is 11.4 Å². The Morgan fingerprint density at radius 1 is 0.969 bits per heavy atom. The largest absolute Gasteiger partial charge is 0.352 e. The average Bonchev–Trinajstić information content (AvgIpc) is 2.74. The fraction of sp³-hybridized carbons (Fsp3) is 0.417. The van der Waals surface area contributed by atoms with E-state index in [4.69, 9.17) is 0 Å². The van der Waals surface area contributed by atoms with Gasteiger partial charge < -0.3 is 10.2 Å². The van der Waals surface area contributed by atoms with Crippen LogP contribution in [0.15, 0.2) is 59.5 Å². The lowest BCUT2D eigenvalue weighted by Gasteiger charge is -2.30. The molecule has 0 aliphatic rings. The Bertz CT molecular complexity index is 1010. The molecule has 32 heavy (non-hydrogen) atoms. The number of rotatable bonds is 10. The average molecular weight is 460 g/mol. The zero-order valence-electron chi connectivity index (χ0n) is 19.4. The first-order valence-corrected chi connectivity index (χ1v) is 12.1. The van der Waals surface area contributed by atoms with Crippen molar-refractivity contribution in [1.82, 2.24) is 14.5 Å². The number of likely N-dealkylation sites (N-methyl/N-ethyl adjacent to an activating group) is 1. The van der Waals surface area contributed by atoms with Crippen molar-refractivity contribution in [3.05, 3.63) is 65.7 Å². The number of benzene rings is 2. The number of sulfonamides is 1. The molecule has 1 N–H and O–H groups in total. The highest BCUT2D eigenvalue weighted by Gasteiger charge is 2.30. The zero-order valence-corrected chi connectivity index (χ0v) is 20.2. The smallest absolute Gasteiger partial charge is 0.243 e. The molecule has 2 aromatic rings. The van der Waals surface area contributed by atoms with Crippen LogP contribution in [0, 0.1) is 6.92 Å². The molecule has 0 saturated heterocycles. The van der Waals surface area contributed by atoms with Gasteiger partial charge in [-0.05, 0) is 51.8 Å². The van der Waals surface area contributed by atoms with Gasteiger partial charge >= 0.3 is 0 Å². The number of hydrogen-bond donors (Lipinski definition) is 1. The molecule has 1 atom stereocenters. The first kappa shape index (κ1) is 25.5. The molecule has 0 fully saturated rings. The quantitative estimate of drug-likeness (QED) is 0.592. The van der Waals surface area contributed by atoms with Crippen LogP contribution in [-0.4, -0.2) is 61.7 Å². The molecule has 7 nitrogen and oxygen atoms in total. The van der Waals surface area contributed by atoms with Crippen LogP contribution >= 0.6 is 0 Å². The fourth-order valence-corrected chi connectivity index (χ4v) is 4.35. The van der Waals surface area contributed by atoms with Gasteiger partial charge in [-0.3, -0.25) is 9.59 Å². The number of carbonyl (C=O) groups excluding carboxylic acids is 2. The third-order valence-corrected chi connectivity index (χ3v) is 6.99. The van der Waals surface area contributed by atoms with Gasteiger partial charge in [0.2, 0.25) is 21.8 Å². The molecular formula is C24H33N3O4S. The molecule has 174 valence electrons. The minimum absolute atomic E-state index is 0.0689. The Morgan fingerprint density at radius 3 is 2.12 bits per heavy atom. The molecule has 0 aromatic heterocycles. The van der Waals surface area contributed by atoms with E-state index in [0.29, 0.717) is 13.0 Å². The van der Waals surface area contributed by atoms with Gasteiger partial charge in [0.1, 0.15) is 6.04 Å². The summed E-state index contributed by atoms with van der Waals surface area (Å²) in [4.78, 5) is 27.4. The summed E-state index contributed by atoms with van der Waals surface area (Å²) >= 11 is 0. The topological polar surface area (TPSA) is 86.8 Å². The van der Waals surface area contributed by atoms with Gasteiger partial charge in [0.25, 0.3) is 0 Å². The summed E-state index contributed by atoms with van der Waals surface area (Å²) in [5.74, 6) is -0.698. The minimum Gasteiger partial charge on any atom is -0.352 e. The summed E-state index contributed by atoms with van der Waals surface area (Å²) in [7, 11) is -2.45. The molecule has 0 unspecified atom stereocenters. The maximum atomic E-state index is 13.2. The Balaban J connectivity index is 2.19. The Morgan fingerprint density at radius 2 is 1.56 bits per heavy atom. The molecular weight excluding hydrogens is 426 g/mol. The number of carbonyl (C=O) groups is 2. The molecule has 2 rings (SSSR count). The zero-order chi connectivity index (χ0) is 23.9. The highest BCUT2D eigenvalue weighted by Crippen LogP contribution is 2.16.